The Morgan fingerprint density at radius 2 is 1.72 bits per heavy atom. The van der Waals surface area contributed by atoms with Crippen molar-refractivity contribution in [2.45, 2.75) is 34.1 Å². The second-order valence-electron chi connectivity index (χ2n) is 7.67. The number of hydrogen-bond donors (Lipinski definition) is 3. The summed E-state index contributed by atoms with van der Waals surface area (Å²) in [6, 6.07) is 10.3. The van der Waals surface area contributed by atoms with Gasteiger partial charge in [0.05, 0.1) is 6.61 Å². The molecule has 32 heavy (non-hydrogen) atoms. The fourth-order valence-electron chi connectivity index (χ4n) is 2.65. The van der Waals surface area contributed by atoms with E-state index in [1.54, 1.807) is 36.4 Å². The lowest BCUT2D eigenvalue weighted by Gasteiger charge is -2.13. The zero-order valence-corrected chi connectivity index (χ0v) is 20.2. The molecule has 0 aliphatic heterocycles. The molecule has 0 radical (unpaired) electrons. The van der Waals surface area contributed by atoms with Crippen molar-refractivity contribution in [2.24, 2.45) is 5.92 Å². The van der Waals surface area contributed by atoms with Crippen molar-refractivity contribution < 1.29 is 19.1 Å². The van der Waals surface area contributed by atoms with Crippen molar-refractivity contribution in [3.05, 3.63) is 58.1 Å². The standard InChI is InChI=1S/C23H28ClN3O4S/c1-14(2)8-9-30-18-7-5-6-17(12-18)22(29)25-23(32)27-26-20(28)13-31-19-10-15(3)21(24)16(4)11-19/h5-7,10-12,14H,8-9,13H2,1-4H3,(H,26,28)(H2,25,27,29,32). The molecule has 2 rings (SSSR count). The number of rotatable bonds is 8. The van der Waals surface area contributed by atoms with Gasteiger partial charge in [-0.25, -0.2) is 0 Å². The first-order chi connectivity index (χ1) is 15.2. The molecule has 0 heterocycles. The van der Waals surface area contributed by atoms with Gasteiger partial charge in [-0.2, -0.15) is 0 Å². The molecule has 0 unspecified atom stereocenters. The highest BCUT2D eigenvalue weighted by Crippen LogP contribution is 2.25. The van der Waals surface area contributed by atoms with E-state index < -0.39 is 11.8 Å². The third-order valence-electron chi connectivity index (χ3n) is 4.38. The van der Waals surface area contributed by atoms with Crippen LogP contribution in [0.3, 0.4) is 0 Å². The molecule has 0 aliphatic carbocycles. The van der Waals surface area contributed by atoms with Crippen LogP contribution in [0.1, 0.15) is 41.8 Å². The van der Waals surface area contributed by atoms with E-state index >= 15 is 0 Å². The Morgan fingerprint density at radius 3 is 2.38 bits per heavy atom. The molecular weight excluding hydrogens is 450 g/mol. The van der Waals surface area contributed by atoms with Crippen molar-refractivity contribution >= 4 is 40.7 Å². The lowest BCUT2D eigenvalue weighted by molar-refractivity contribution is -0.123. The molecule has 0 spiro atoms. The summed E-state index contributed by atoms with van der Waals surface area (Å²) in [5.74, 6) is 0.785. The smallest absolute Gasteiger partial charge is 0.276 e. The van der Waals surface area contributed by atoms with Gasteiger partial charge in [0.2, 0.25) is 0 Å². The Bertz CT molecular complexity index is 958. The highest BCUT2D eigenvalue weighted by Gasteiger charge is 2.11. The van der Waals surface area contributed by atoms with E-state index in [0.717, 1.165) is 17.5 Å². The van der Waals surface area contributed by atoms with Gasteiger partial charge in [0.1, 0.15) is 11.5 Å². The molecule has 0 aliphatic rings. The van der Waals surface area contributed by atoms with Gasteiger partial charge in [0.25, 0.3) is 11.8 Å². The highest BCUT2D eigenvalue weighted by atomic mass is 35.5. The summed E-state index contributed by atoms with van der Waals surface area (Å²) < 4.78 is 11.1. The summed E-state index contributed by atoms with van der Waals surface area (Å²) >= 11 is 11.2. The van der Waals surface area contributed by atoms with E-state index in [-0.39, 0.29) is 11.7 Å². The van der Waals surface area contributed by atoms with Crippen LogP contribution in [0.15, 0.2) is 36.4 Å². The minimum atomic E-state index is -0.465. The first kappa shape index (κ1) is 25.4. The van der Waals surface area contributed by atoms with Crippen LogP contribution < -0.4 is 25.6 Å². The molecule has 172 valence electrons. The molecule has 2 amide bonds. The molecule has 0 saturated heterocycles. The first-order valence-corrected chi connectivity index (χ1v) is 11.0. The summed E-state index contributed by atoms with van der Waals surface area (Å²) in [6.07, 6.45) is 0.922. The van der Waals surface area contributed by atoms with Crippen molar-refractivity contribution in [1.82, 2.24) is 16.2 Å². The maximum atomic E-state index is 12.4. The third kappa shape index (κ3) is 8.36. The van der Waals surface area contributed by atoms with Gasteiger partial charge in [0.15, 0.2) is 11.7 Å². The van der Waals surface area contributed by atoms with Crippen molar-refractivity contribution in [3.8, 4) is 11.5 Å². The maximum absolute atomic E-state index is 12.4. The predicted octanol–water partition coefficient (Wildman–Crippen LogP) is 4.10. The number of amides is 2. The van der Waals surface area contributed by atoms with E-state index in [1.165, 1.54) is 0 Å². The minimum absolute atomic E-state index is 0.0485. The quantitative estimate of drug-likeness (QED) is 0.392. The lowest BCUT2D eigenvalue weighted by atomic mass is 10.1. The molecule has 0 bridgehead atoms. The zero-order chi connectivity index (χ0) is 23.7. The van der Waals surface area contributed by atoms with Crippen molar-refractivity contribution in [3.63, 3.8) is 0 Å². The summed E-state index contributed by atoms with van der Waals surface area (Å²) in [4.78, 5) is 24.4. The van der Waals surface area contributed by atoms with Crippen LogP contribution in [0.25, 0.3) is 0 Å². The normalized spacial score (nSPS) is 10.4. The number of nitrogens with one attached hydrogen (secondary N) is 3. The second kappa shape index (κ2) is 12.3. The number of aryl methyl sites for hydroxylation is 2. The van der Waals surface area contributed by atoms with Crippen LogP contribution in [0.5, 0.6) is 11.5 Å². The number of halogens is 1. The van der Waals surface area contributed by atoms with Gasteiger partial charge in [-0.05, 0) is 79.9 Å². The van der Waals surface area contributed by atoms with Crippen LogP contribution in [0.2, 0.25) is 5.02 Å². The number of carbonyl (C=O) groups is 2. The van der Waals surface area contributed by atoms with E-state index in [0.29, 0.717) is 34.6 Å². The van der Waals surface area contributed by atoms with Gasteiger partial charge < -0.3 is 9.47 Å². The molecular formula is C23H28ClN3O4S. The average Bonchev–Trinajstić information content (AvgIpc) is 2.74. The Labute approximate surface area is 198 Å². The highest BCUT2D eigenvalue weighted by molar-refractivity contribution is 7.80. The number of ether oxygens (including phenoxy) is 2. The molecule has 0 saturated carbocycles. The van der Waals surface area contributed by atoms with Crippen LogP contribution in [0.4, 0.5) is 0 Å². The fraction of sp³-hybridized carbons (Fsp3) is 0.348. The zero-order valence-electron chi connectivity index (χ0n) is 18.6. The Hall–Kier alpha value is -2.84. The number of thiocarbonyl (C=S) groups is 1. The first-order valence-electron chi connectivity index (χ1n) is 10.2. The summed E-state index contributed by atoms with van der Waals surface area (Å²) in [7, 11) is 0. The van der Waals surface area contributed by atoms with Gasteiger partial charge in [-0.1, -0.05) is 31.5 Å². The van der Waals surface area contributed by atoms with E-state index in [4.69, 9.17) is 33.3 Å². The minimum Gasteiger partial charge on any atom is -0.494 e. The maximum Gasteiger partial charge on any atom is 0.276 e. The molecule has 0 aromatic heterocycles. The Morgan fingerprint density at radius 1 is 1.03 bits per heavy atom. The molecule has 2 aromatic rings. The Kier molecular flexibility index (Phi) is 9.74. The monoisotopic (exact) mass is 477 g/mol. The summed E-state index contributed by atoms with van der Waals surface area (Å²) in [6.45, 7) is 8.29. The summed E-state index contributed by atoms with van der Waals surface area (Å²) in [5.41, 5.74) is 6.97. The van der Waals surface area contributed by atoms with Crippen molar-refractivity contribution in [1.29, 1.82) is 0 Å². The topological polar surface area (TPSA) is 88.7 Å². The average molecular weight is 478 g/mol. The predicted molar refractivity (Wildman–Crippen MR) is 129 cm³/mol. The number of hydrogen-bond acceptors (Lipinski definition) is 5. The van der Waals surface area contributed by atoms with Gasteiger partial charge in [0, 0.05) is 10.6 Å². The van der Waals surface area contributed by atoms with Crippen molar-refractivity contribution in [2.75, 3.05) is 13.2 Å². The Balaban J connectivity index is 1.77. The lowest BCUT2D eigenvalue weighted by Crippen LogP contribution is -2.49. The number of benzene rings is 2. The van der Waals surface area contributed by atoms with Crippen LogP contribution >= 0.6 is 23.8 Å². The number of carbonyl (C=O) groups excluding carboxylic acids is 2. The SMILES string of the molecule is Cc1cc(OCC(=O)NNC(=S)NC(=O)c2cccc(OCCC(C)C)c2)cc(C)c1Cl. The largest absolute Gasteiger partial charge is 0.494 e. The van der Waals surface area contributed by atoms with Gasteiger partial charge in [-0.3, -0.25) is 25.8 Å². The molecule has 2 aromatic carbocycles. The molecule has 9 heteroatoms. The summed E-state index contributed by atoms with van der Waals surface area (Å²) in [5, 5.41) is 3.12. The molecule has 0 atom stereocenters. The third-order valence-corrected chi connectivity index (χ3v) is 5.18. The van der Waals surface area contributed by atoms with Crippen LogP contribution in [-0.2, 0) is 4.79 Å². The molecule has 3 N–H and O–H groups in total. The number of hydrazine groups is 1. The van der Waals surface area contributed by atoms with Gasteiger partial charge >= 0.3 is 0 Å². The van der Waals surface area contributed by atoms with E-state index in [1.807, 2.05) is 13.8 Å². The molecule has 0 fully saturated rings. The van der Waals surface area contributed by atoms with E-state index in [2.05, 4.69) is 30.0 Å². The van der Waals surface area contributed by atoms with Gasteiger partial charge in [-0.15, -0.1) is 0 Å². The second-order valence-corrected chi connectivity index (χ2v) is 8.46. The van der Waals surface area contributed by atoms with E-state index in [9.17, 15) is 9.59 Å². The van der Waals surface area contributed by atoms with Crippen LogP contribution in [-0.4, -0.2) is 30.1 Å². The molecule has 7 nitrogen and oxygen atoms in total. The fourth-order valence-corrected chi connectivity index (χ4v) is 2.90. The van der Waals surface area contributed by atoms with Crippen LogP contribution in [0, 0.1) is 19.8 Å².